The summed E-state index contributed by atoms with van der Waals surface area (Å²) >= 11 is 1.66. The fourth-order valence-electron chi connectivity index (χ4n) is 1.85. The van der Waals surface area contributed by atoms with Crippen LogP contribution in [0.15, 0.2) is 23.7 Å². The van der Waals surface area contributed by atoms with Gasteiger partial charge in [-0.3, -0.25) is 11.3 Å². The van der Waals surface area contributed by atoms with E-state index in [0.29, 0.717) is 5.82 Å². The predicted octanol–water partition coefficient (Wildman–Crippen LogP) is 1.05. The molecular formula is C12H17N5S. The fourth-order valence-corrected chi connectivity index (χ4v) is 2.48. The van der Waals surface area contributed by atoms with Gasteiger partial charge < -0.3 is 5.73 Å². The second-order valence-corrected chi connectivity index (χ2v) is 5.28. The molecule has 0 fully saturated rings. The molecular weight excluding hydrogens is 246 g/mol. The molecule has 5 nitrogen and oxygen atoms in total. The molecule has 2 heterocycles. The SMILES string of the molecule is Cc1nc(CC(Cc2ccnc(N)c2)NN)cs1. The molecule has 0 aliphatic heterocycles. The van der Waals surface area contributed by atoms with Crippen molar-refractivity contribution in [2.75, 3.05) is 5.73 Å². The Labute approximate surface area is 110 Å². The monoisotopic (exact) mass is 263 g/mol. The highest BCUT2D eigenvalue weighted by Crippen LogP contribution is 2.13. The van der Waals surface area contributed by atoms with Crippen LogP contribution in [0.5, 0.6) is 0 Å². The highest BCUT2D eigenvalue weighted by Gasteiger charge is 2.11. The number of nitrogens with one attached hydrogen (secondary N) is 1. The summed E-state index contributed by atoms with van der Waals surface area (Å²) in [7, 11) is 0. The van der Waals surface area contributed by atoms with Crippen molar-refractivity contribution in [3.63, 3.8) is 0 Å². The minimum absolute atomic E-state index is 0.147. The van der Waals surface area contributed by atoms with Gasteiger partial charge in [-0.15, -0.1) is 11.3 Å². The first-order chi connectivity index (χ1) is 8.67. The molecule has 18 heavy (non-hydrogen) atoms. The maximum absolute atomic E-state index is 5.66. The number of nitrogens with zero attached hydrogens (tertiary/aromatic N) is 2. The first-order valence-corrected chi connectivity index (χ1v) is 6.63. The van der Waals surface area contributed by atoms with Crippen molar-refractivity contribution in [2.24, 2.45) is 5.84 Å². The van der Waals surface area contributed by atoms with Crippen LogP contribution in [0, 0.1) is 6.92 Å². The molecule has 0 radical (unpaired) electrons. The summed E-state index contributed by atoms with van der Waals surface area (Å²) < 4.78 is 0. The van der Waals surface area contributed by atoms with Gasteiger partial charge in [0.25, 0.3) is 0 Å². The summed E-state index contributed by atoms with van der Waals surface area (Å²) in [4.78, 5) is 8.42. The maximum Gasteiger partial charge on any atom is 0.123 e. The number of pyridine rings is 1. The molecule has 0 aromatic carbocycles. The Balaban J connectivity index is 2.01. The van der Waals surface area contributed by atoms with Gasteiger partial charge in [-0.1, -0.05) is 0 Å². The van der Waals surface area contributed by atoms with Crippen LogP contribution in [0.1, 0.15) is 16.3 Å². The molecule has 2 aromatic rings. The van der Waals surface area contributed by atoms with E-state index in [2.05, 4.69) is 20.8 Å². The summed E-state index contributed by atoms with van der Waals surface area (Å²) in [5.74, 6) is 6.13. The smallest absolute Gasteiger partial charge is 0.123 e. The number of hydrogen-bond donors (Lipinski definition) is 3. The summed E-state index contributed by atoms with van der Waals surface area (Å²) in [6.45, 7) is 2.00. The van der Waals surface area contributed by atoms with Crippen LogP contribution in [0.25, 0.3) is 0 Å². The van der Waals surface area contributed by atoms with E-state index in [9.17, 15) is 0 Å². The van der Waals surface area contributed by atoms with Crippen LogP contribution in [0.2, 0.25) is 0 Å². The van der Waals surface area contributed by atoms with Crippen molar-refractivity contribution in [3.8, 4) is 0 Å². The van der Waals surface area contributed by atoms with Gasteiger partial charge in [0.15, 0.2) is 0 Å². The van der Waals surface area contributed by atoms with Crippen LogP contribution in [0.4, 0.5) is 5.82 Å². The van der Waals surface area contributed by atoms with Crippen molar-refractivity contribution in [3.05, 3.63) is 40.0 Å². The topological polar surface area (TPSA) is 89.8 Å². The molecule has 0 bridgehead atoms. The number of anilines is 1. The number of hydrazine groups is 1. The van der Waals surface area contributed by atoms with Gasteiger partial charge in [-0.05, 0) is 31.0 Å². The second kappa shape index (κ2) is 5.90. The highest BCUT2D eigenvalue weighted by atomic mass is 32.1. The highest BCUT2D eigenvalue weighted by molar-refractivity contribution is 7.09. The molecule has 0 aliphatic carbocycles. The van der Waals surface area contributed by atoms with Crippen molar-refractivity contribution >= 4 is 17.2 Å². The Hall–Kier alpha value is -1.50. The number of nitrogens with two attached hydrogens (primary N) is 2. The van der Waals surface area contributed by atoms with E-state index in [4.69, 9.17) is 11.6 Å². The van der Waals surface area contributed by atoms with E-state index < -0.39 is 0 Å². The molecule has 0 saturated heterocycles. The van der Waals surface area contributed by atoms with Crippen LogP contribution in [-0.2, 0) is 12.8 Å². The minimum atomic E-state index is 0.147. The van der Waals surface area contributed by atoms with Gasteiger partial charge in [0, 0.05) is 24.0 Å². The van der Waals surface area contributed by atoms with Crippen LogP contribution in [0.3, 0.4) is 0 Å². The summed E-state index contributed by atoms with van der Waals surface area (Å²) in [5.41, 5.74) is 10.7. The van der Waals surface area contributed by atoms with Crippen molar-refractivity contribution in [2.45, 2.75) is 25.8 Å². The molecule has 2 rings (SSSR count). The zero-order valence-corrected chi connectivity index (χ0v) is 11.1. The number of nitrogen functional groups attached to an aromatic ring is 1. The third-order valence-corrected chi connectivity index (χ3v) is 3.51. The second-order valence-electron chi connectivity index (χ2n) is 4.22. The quantitative estimate of drug-likeness (QED) is 0.554. The number of aromatic nitrogens is 2. The van der Waals surface area contributed by atoms with Crippen molar-refractivity contribution in [1.29, 1.82) is 0 Å². The van der Waals surface area contributed by atoms with Crippen molar-refractivity contribution in [1.82, 2.24) is 15.4 Å². The van der Waals surface area contributed by atoms with Crippen LogP contribution < -0.4 is 17.0 Å². The van der Waals surface area contributed by atoms with Crippen molar-refractivity contribution < 1.29 is 0 Å². The number of rotatable bonds is 5. The Morgan fingerprint density at radius 3 is 2.89 bits per heavy atom. The first kappa shape index (κ1) is 12.9. The van der Waals surface area contributed by atoms with Crippen LogP contribution >= 0.6 is 11.3 Å². The number of hydrogen-bond acceptors (Lipinski definition) is 6. The summed E-state index contributed by atoms with van der Waals surface area (Å²) in [6, 6.07) is 3.97. The third-order valence-electron chi connectivity index (χ3n) is 2.69. The zero-order chi connectivity index (χ0) is 13.0. The lowest BCUT2D eigenvalue weighted by atomic mass is 10.0. The van der Waals surface area contributed by atoms with E-state index in [-0.39, 0.29) is 6.04 Å². The average molecular weight is 263 g/mol. The van der Waals surface area contributed by atoms with E-state index in [1.165, 1.54) is 0 Å². The Kier molecular flexibility index (Phi) is 4.24. The molecule has 0 saturated carbocycles. The maximum atomic E-state index is 5.66. The van der Waals surface area contributed by atoms with E-state index >= 15 is 0 Å². The molecule has 1 atom stereocenters. The molecule has 0 spiro atoms. The third kappa shape index (κ3) is 3.49. The van der Waals surface area contributed by atoms with Gasteiger partial charge in [0.05, 0.1) is 10.7 Å². The fraction of sp³-hybridized carbons (Fsp3) is 0.333. The number of aryl methyl sites for hydroxylation is 1. The molecule has 5 N–H and O–H groups in total. The molecule has 2 aromatic heterocycles. The van der Waals surface area contributed by atoms with Gasteiger partial charge in [-0.25, -0.2) is 9.97 Å². The van der Waals surface area contributed by atoms with Crippen LogP contribution in [-0.4, -0.2) is 16.0 Å². The van der Waals surface area contributed by atoms with E-state index in [1.54, 1.807) is 17.5 Å². The predicted molar refractivity (Wildman–Crippen MR) is 74.0 cm³/mol. The summed E-state index contributed by atoms with van der Waals surface area (Å²) in [5, 5.41) is 3.15. The normalized spacial score (nSPS) is 12.6. The van der Waals surface area contributed by atoms with Gasteiger partial charge in [-0.2, -0.15) is 0 Å². The minimum Gasteiger partial charge on any atom is -0.384 e. The summed E-state index contributed by atoms with van der Waals surface area (Å²) in [6.07, 6.45) is 3.33. The van der Waals surface area contributed by atoms with Gasteiger partial charge in [0.2, 0.25) is 0 Å². The Morgan fingerprint density at radius 2 is 2.28 bits per heavy atom. The molecule has 96 valence electrons. The average Bonchev–Trinajstić information content (AvgIpc) is 2.74. The number of thiazole rings is 1. The first-order valence-electron chi connectivity index (χ1n) is 5.75. The zero-order valence-electron chi connectivity index (χ0n) is 10.3. The van der Waals surface area contributed by atoms with E-state index in [1.807, 2.05) is 19.1 Å². The van der Waals surface area contributed by atoms with Gasteiger partial charge >= 0.3 is 0 Å². The Morgan fingerprint density at radius 1 is 1.44 bits per heavy atom. The standard InChI is InChI=1S/C12H17N5S/c1-8-16-11(7-18-8)6-10(17-14)4-9-2-3-15-12(13)5-9/h2-3,5,7,10,17H,4,6,14H2,1H3,(H2,13,15). The lowest BCUT2D eigenvalue weighted by molar-refractivity contribution is 0.518. The lowest BCUT2D eigenvalue weighted by Crippen LogP contribution is -2.38. The van der Waals surface area contributed by atoms with E-state index in [0.717, 1.165) is 29.1 Å². The molecule has 6 heteroatoms. The molecule has 1 unspecified atom stereocenters. The lowest BCUT2D eigenvalue weighted by Gasteiger charge is -2.14. The van der Waals surface area contributed by atoms with Gasteiger partial charge in [0.1, 0.15) is 5.82 Å². The molecule has 0 amide bonds. The Bertz CT molecular complexity index is 511. The largest absolute Gasteiger partial charge is 0.384 e. The molecule has 0 aliphatic rings.